The molecule has 0 aromatic heterocycles. The Morgan fingerprint density at radius 3 is 2.16 bits per heavy atom. The van der Waals surface area contributed by atoms with E-state index in [4.69, 9.17) is 4.74 Å². The normalized spacial score (nSPS) is 29.3. The second-order valence-corrected chi connectivity index (χ2v) is 12.1. The van der Waals surface area contributed by atoms with Crippen LogP contribution < -0.4 is 10.6 Å². The lowest BCUT2D eigenvalue weighted by Gasteiger charge is -2.57. The lowest BCUT2D eigenvalue weighted by atomic mass is 9.69. The molecule has 0 aliphatic carbocycles. The summed E-state index contributed by atoms with van der Waals surface area (Å²) in [6, 6.07) is 0. The number of hydrogen-bond donors (Lipinski definition) is 6. The number of hydrogen-bond acceptors (Lipinski definition) is 9. The van der Waals surface area contributed by atoms with Gasteiger partial charge in [0.25, 0.3) is 0 Å². The molecule has 1 aliphatic heterocycles. The molecule has 1 fully saturated rings. The SMILES string of the molecule is CNCCCCCC(=O)NCCCCCC(=O)N(C)CCCCSC1OC(CO)C(C)(O)C(C)(O)C1(C)O. The molecule has 6 N–H and O–H groups in total. The zero-order chi connectivity index (χ0) is 28.8. The first-order valence-electron chi connectivity index (χ1n) is 14.0. The van der Waals surface area contributed by atoms with Crippen LogP contribution in [-0.2, 0) is 14.3 Å². The van der Waals surface area contributed by atoms with Crippen molar-refractivity contribution in [1.82, 2.24) is 15.5 Å². The van der Waals surface area contributed by atoms with Gasteiger partial charge in [0.2, 0.25) is 11.8 Å². The van der Waals surface area contributed by atoms with E-state index in [1.165, 1.54) is 32.5 Å². The van der Waals surface area contributed by atoms with Crippen molar-refractivity contribution in [2.24, 2.45) is 0 Å². The predicted octanol–water partition coefficient (Wildman–Crippen LogP) is 1.38. The summed E-state index contributed by atoms with van der Waals surface area (Å²) in [6.07, 6.45) is 7.21. The highest BCUT2D eigenvalue weighted by atomic mass is 32.2. The molecule has 1 saturated heterocycles. The molecule has 5 atom stereocenters. The van der Waals surface area contributed by atoms with Crippen LogP contribution in [0.25, 0.3) is 0 Å². The van der Waals surface area contributed by atoms with Gasteiger partial charge in [-0.2, -0.15) is 0 Å². The molecular formula is C27H53N3O7S. The Morgan fingerprint density at radius 2 is 1.53 bits per heavy atom. The Kier molecular flexibility index (Phi) is 15.7. The molecule has 0 radical (unpaired) electrons. The zero-order valence-corrected chi connectivity index (χ0v) is 24.9. The number of nitrogens with one attached hydrogen (secondary N) is 2. The van der Waals surface area contributed by atoms with Crippen molar-refractivity contribution in [3.8, 4) is 0 Å². The highest BCUT2D eigenvalue weighted by molar-refractivity contribution is 7.99. The average molecular weight is 564 g/mol. The van der Waals surface area contributed by atoms with E-state index in [1.807, 2.05) is 7.05 Å². The van der Waals surface area contributed by atoms with E-state index in [9.17, 15) is 30.0 Å². The van der Waals surface area contributed by atoms with Crippen molar-refractivity contribution >= 4 is 23.6 Å². The highest BCUT2D eigenvalue weighted by Crippen LogP contribution is 2.47. The summed E-state index contributed by atoms with van der Waals surface area (Å²) in [6.45, 7) is 5.92. The van der Waals surface area contributed by atoms with Crippen LogP contribution in [0.3, 0.4) is 0 Å². The number of aliphatic hydroxyl groups excluding tert-OH is 1. The Labute approximate surface area is 233 Å². The Hall–Kier alpha value is -0.950. The van der Waals surface area contributed by atoms with Gasteiger partial charge in [0.15, 0.2) is 0 Å². The summed E-state index contributed by atoms with van der Waals surface area (Å²) >= 11 is 1.33. The molecule has 0 saturated carbocycles. The lowest BCUT2D eigenvalue weighted by molar-refractivity contribution is -0.326. The van der Waals surface area contributed by atoms with E-state index in [0.29, 0.717) is 31.7 Å². The maximum atomic E-state index is 12.4. The zero-order valence-electron chi connectivity index (χ0n) is 24.1. The Balaban J connectivity index is 2.18. The van der Waals surface area contributed by atoms with Crippen molar-refractivity contribution in [3.63, 3.8) is 0 Å². The van der Waals surface area contributed by atoms with Gasteiger partial charge in [0, 0.05) is 33.0 Å². The standard InChI is InChI=1S/C27H53N3O7S/c1-25(34)21(20-31)37-24(26(2,35)27(25,3)36)38-19-13-12-18-30(5)23(33)15-9-7-11-17-29-22(32)14-8-6-10-16-28-4/h21,24,28,31,34-36H,6-20H2,1-5H3,(H,29,32). The molecule has 5 unspecified atom stereocenters. The molecule has 2 amide bonds. The van der Waals surface area contributed by atoms with Crippen LogP contribution in [-0.4, -0.2) is 112 Å². The summed E-state index contributed by atoms with van der Waals surface area (Å²) < 4.78 is 5.75. The quantitative estimate of drug-likeness (QED) is 0.128. The van der Waals surface area contributed by atoms with E-state index < -0.39 is 34.9 Å². The first kappa shape index (κ1) is 35.1. The van der Waals surface area contributed by atoms with Crippen LogP contribution >= 0.6 is 11.8 Å². The van der Waals surface area contributed by atoms with Crippen LogP contribution in [0.15, 0.2) is 0 Å². The van der Waals surface area contributed by atoms with Gasteiger partial charge in [-0.25, -0.2) is 0 Å². The number of nitrogens with zero attached hydrogens (tertiary/aromatic N) is 1. The van der Waals surface area contributed by atoms with Gasteiger partial charge in [0.05, 0.1) is 6.61 Å². The van der Waals surface area contributed by atoms with E-state index in [1.54, 1.807) is 11.9 Å². The van der Waals surface area contributed by atoms with Crippen LogP contribution in [0.2, 0.25) is 0 Å². The van der Waals surface area contributed by atoms with Crippen LogP contribution in [0, 0.1) is 0 Å². The monoisotopic (exact) mass is 563 g/mol. The third-order valence-corrected chi connectivity index (χ3v) is 9.21. The smallest absolute Gasteiger partial charge is 0.222 e. The first-order valence-corrected chi connectivity index (χ1v) is 15.1. The fourth-order valence-corrected chi connectivity index (χ4v) is 5.86. The summed E-state index contributed by atoms with van der Waals surface area (Å²) in [5.41, 5.74) is -6.24. The topological polar surface area (TPSA) is 152 Å². The molecule has 224 valence electrons. The molecule has 0 spiro atoms. The Morgan fingerprint density at radius 1 is 0.895 bits per heavy atom. The largest absolute Gasteiger partial charge is 0.394 e. The number of thioether (sulfide) groups is 1. The van der Waals surface area contributed by atoms with E-state index >= 15 is 0 Å². The van der Waals surface area contributed by atoms with Crippen LogP contribution in [0.4, 0.5) is 0 Å². The van der Waals surface area contributed by atoms with Gasteiger partial charge >= 0.3 is 0 Å². The molecule has 11 heteroatoms. The van der Waals surface area contributed by atoms with E-state index in [2.05, 4.69) is 10.6 Å². The number of amides is 2. The maximum absolute atomic E-state index is 12.4. The van der Waals surface area contributed by atoms with Crippen molar-refractivity contribution in [2.75, 3.05) is 46.1 Å². The van der Waals surface area contributed by atoms with Gasteiger partial charge in [-0.1, -0.05) is 12.8 Å². The highest BCUT2D eigenvalue weighted by Gasteiger charge is 2.65. The van der Waals surface area contributed by atoms with Gasteiger partial charge in [-0.3, -0.25) is 9.59 Å². The third kappa shape index (κ3) is 10.2. The molecule has 0 bridgehead atoms. The fourth-order valence-electron chi connectivity index (χ4n) is 4.51. The van der Waals surface area contributed by atoms with Crippen LogP contribution in [0.5, 0.6) is 0 Å². The molecule has 10 nitrogen and oxygen atoms in total. The number of carbonyl (C=O) groups excluding carboxylic acids is 2. The molecular weight excluding hydrogens is 510 g/mol. The minimum absolute atomic E-state index is 0.103. The summed E-state index contributed by atoms with van der Waals surface area (Å²) in [7, 11) is 3.73. The minimum Gasteiger partial charge on any atom is -0.394 e. The molecule has 38 heavy (non-hydrogen) atoms. The summed E-state index contributed by atoms with van der Waals surface area (Å²) in [5.74, 6) is 0.833. The number of aliphatic hydroxyl groups is 4. The van der Waals surface area contributed by atoms with Crippen molar-refractivity contribution in [2.45, 2.75) is 113 Å². The van der Waals surface area contributed by atoms with Gasteiger partial charge < -0.3 is 40.7 Å². The molecule has 1 rings (SSSR count). The molecule has 1 heterocycles. The number of ether oxygens (including phenoxy) is 1. The second kappa shape index (κ2) is 17.0. The van der Waals surface area contributed by atoms with Gasteiger partial charge in [0.1, 0.15) is 28.3 Å². The predicted molar refractivity (Wildman–Crippen MR) is 151 cm³/mol. The molecule has 0 aromatic rings. The van der Waals surface area contributed by atoms with Crippen molar-refractivity contribution in [1.29, 1.82) is 0 Å². The average Bonchev–Trinajstić information content (AvgIpc) is 2.85. The van der Waals surface area contributed by atoms with Gasteiger partial charge in [-0.15, -0.1) is 11.8 Å². The number of unbranched alkanes of at least 4 members (excludes halogenated alkanes) is 5. The number of rotatable bonds is 19. The summed E-state index contributed by atoms with van der Waals surface area (Å²) in [4.78, 5) is 25.9. The van der Waals surface area contributed by atoms with Crippen molar-refractivity contribution < 1.29 is 34.8 Å². The van der Waals surface area contributed by atoms with Crippen LogP contribution in [0.1, 0.15) is 85.0 Å². The molecule has 0 aromatic carbocycles. The lowest BCUT2D eigenvalue weighted by Crippen LogP contribution is -2.76. The van der Waals surface area contributed by atoms with E-state index in [-0.39, 0.29) is 11.8 Å². The second-order valence-electron chi connectivity index (χ2n) is 11.0. The first-order chi connectivity index (χ1) is 17.8. The number of carbonyl (C=O) groups is 2. The molecule has 1 aliphatic rings. The minimum atomic E-state index is -1.88. The third-order valence-electron chi connectivity index (χ3n) is 7.81. The Bertz CT molecular complexity index is 706. The van der Waals surface area contributed by atoms with Crippen molar-refractivity contribution in [3.05, 3.63) is 0 Å². The maximum Gasteiger partial charge on any atom is 0.222 e. The summed E-state index contributed by atoms with van der Waals surface area (Å²) in [5, 5.41) is 48.1. The van der Waals surface area contributed by atoms with E-state index in [0.717, 1.165) is 57.9 Å². The van der Waals surface area contributed by atoms with Gasteiger partial charge in [-0.05, 0) is 78.6 Å². The fraction of sp³-hybridized carbons (Fsp3) is 0.926.